The topological polar surface area (TPSA) is 94.1 Å². The van der Waals surface area contributed by atoms with Crippen LogP contribution in [0.15, 0.2) is 57.6 Å². The molecule has 0 radical (unpaired) electrons. The highest BCUT2D eigenvalue weighted by molar-refractivity contribution is 5.76. The zero-order valence-corrected chi connectivity index (χ0v) is 16.8. The monoisotopic (exact) mass is 442 g/mol. The molecule has 0 saturated carbocycles. The molecule has 7 nitrogen and oxygen atoms in total. The molecule has 2 aromatic heterocycles. The van der Waals surface area contributed by atoms with Crippen molar-refractivity contribution in [1.29, 1.82) is 0 Å². The van der Waals surface area contributed by atoms with Crippen LogP contribution >= 0.6 is 0 Å². The van der Waals surface area contributed by atoms with E-state index in [9.17, 15) is 18.0 Å². The quantitative estimate of drug-likeness (QED) is 0.449. The molecule has 0 saturated heterocycles. The van der Waals surface area contributed by atoms with Gasteiger partial charge in [-0.25, -0.2) is 18.2 Å². The van der Waals surface area contributed by atoms with Crippen LogP contribution in [0.4, 0.5) is 13.2 Å². The summed E-state index contributed by atoms with van der Waals surface area (Å²) in [5, 5.41) is 6.57. The summed E-state index contributed by atoms with van der Waals surface area (Å²) < 4.78 is 50.6. The summed E-state index contributed by atoms with van der Waals surface area (Å²) in [7, 11) is 0. The van der Waals surface area contributed by atoms with Crippen molar-refractivity contribution < 1.29 is 26.9 Å². The van der Waals surface area contributed by atoms with Crippen molar-refractivity contribution in [3.8, 4) is 22.7 Å². The standard InChI is InChI=1S/C22H17F3N4O3/c1-12(22-28-21(29-32-22)13-2-4-14(23)5-3-13)27-19(30)8-9-20-26-11-18(31-20)16-7-6-15(24)10-17(16)25/h2-7,10-12H,8-9H2,1H3,(H,27,30). The average Bonchev–Trinajstić information content (AvgIpc) is 3.43. The van der Waals surface area contributed by atoms with Crippen LogP contribution in [-0.2, 0) is 11.2 Å². The second kappa shape index (κ2) is 9.04. The number of nitrogens with zero attached hydrogens (tertiary/aromatic N) is 3. The molecule has 0 aliphatic heterocycles. The van der Waals surface area contributed by atoms with Crippen molar-refractivity contribution in [2.24, 2.45) is 0 Å². The second-order valence-corrected chi connectivity index (χ2v) is 6.99. The van der Waals surface area contributed by atoms with Crippen LogP contribution in [0.2, 0.25) is 0 Å². The predicted molar refractivity (Wildman–Crippen MR) is 106 cm³/mol. The van der Waals surface area contributed by atoms with Gasteiger partial charge in [0.25, 0.3) is 0 Å². The van der Waals surface area contributed by atoms with Crippen molar-refractivity contribution in [2.75, 3.05) is 0 Å². The highest BCUT2D eigenvalue weighted by Crippen LogP contribution is 2.25. The van der Waals surface area contributed by atoms with E-state index in [4.69, 9.17) is 8.94 Å². The molecule has 0 aliphatic rings. The van der Waals surface area contributed by atoms with Gasteiger partial charge in [0.1, 0.15) is 23.5 Å². The van der Waals surface area contributed by atoms with E-state index in [2.05, 4.69) is 20.4 Å². The van der Waals surface area contributed by atoms with Crippen molar-refractivity contribution in [3.63, 3.8) is 0 Å². The van der Waals surface area contributed by atoms with E-state index in [1.165, 1.54) is 36.5 Å². The Morgan fingerprint density at radius 3 is 2.59 bits per heavy atom. The van der Waals surface area contributed by atoms with Crippen LogP contribution < -0.4 is 5.32 Å². The number of hydrogen-bond acceptors (Lipinski definition) is 6. The van der Waals surface area contributed by atoms with Gasteiger partial charge < -0.3 is 14.3 Å². The summed E-state index contributed by atoms with van der Waals surface area (Å²) >= 11 is 0. The van der Waals surface area contributed by atoms with E-state index in [0.29, 0.717) is 5.56 Å². The molecular formula is C22H17F3N4O3. The lowest BCUT2D eigenvalue weighted by Crippen LogP contribution is -2.27. The second-order valence-electron chi connectivity index (χ2n) is 6.99. The minimum atomic E-state index is -0.765. The summed E-state index contributed by atoms with van der Waals surface area (Å²) in [6, 6.07) is 8.20. The Hall–Kier alpha value is -3.95. The minimum Gasteiger partial charge on any atom is -0.441 e. The van der Waals surface area contributed by atoms with Gasteiger partial charge in [0, 0.05) is 24.5 Å². The van der Waals surface area contributed by atoms with Crippen molar-refractivity contribution in [2.45, 2.75) is 25.8 Å². The number of aryl methyl sites for hydroxylation is 1. The first kappa shape index (κ1) is 21.3. The van der Waals surface area contributed by atoms with Crippen molar-refractivity contribution in [1.82, 2.24) is 20.4 Å². The zero-order chi connectivity index (χ0) is 22.7. The fourth-order valence-electron chi connectivity index (χ4n) is 2.96. The molecule has 4 rings (SSSR count). The van der Waals surface area contributed by atoms with E-state index in [1.807, 2.05) is 0 Å². The lowest BCUT2D eigenvalue weighted by Gasteiger charge is -2.08. The predicted octanol–water partition coefficient (Wildman–Crippen LogP) is 4.62. The van der Waals surface area contributed by atoms with Gasteiger partial charge in [0.05, 0.1) is 11.8 Å². The molecule has 1 N–H and O–H groups in total. The number of nitrogens with one attached hydrogen (secondary N) is 1. The molecule has 0 bridgehead atoms. The van der Waals surface area contributed by atoms with Gasteiger partial charge >= 0.3 is 0 Å². The molecule has 10 heteroatoms. The normalized spacial score (nSPS) is 12.0. The van der Waals surface area contributed by atoms with Crippen molar-refractivity contribution in [3.05, 3.63) is 77.9 Å². The Balaban J connectivity index is 1.32. The van der Waals surface area contributed by atoms with Crippen LogP contribution in [0.25, 0.3) is 22.7 Å². The first-order valence-electron chi connectivity index (χ1n) is 9.68. The fourth-order valence-corrected chi connectivity index (χ4v) is 2.96. The number of carbonyl (C=O) groups excluding carboxylic acids is 1. The largest absolute Gasteiger partial charge is 0.441 e. The van der Waals surface area contributed by atoms with E-state index in [1.54, 1.807) is 6.92 Å². The lowest BCUT2D eigenvalue weighted by molar-refractivity contribution is -0.121. The van der Waals surface area contributed by atoms with Crippen LogP contribution in [0.1, 0.15) is 31.2 Å². The fraction of sp³-hybridized carbons (Fsp3) is 0.182. The highest BCUT2D eigenvalue weighted by atomic mass is 19.1. The van der Waals surface area contributed by atoms with Gasteiger partial charge in [-0.1, -0.05) is 5.16 Å². The zero-order valence-electron chi connectivity index (χ0n) is 16.8. The minimum absolute atomic E-state index is 0.0507. The molecule has 1 atom stereocenters. The van der Waals surface area contributed by atoms with Crippen LogP contribution in [0, 0.1) is 17.5 Å². The van der Waals surface area contributed by atoms with Gasteiger partial charge in [0.2, 0.25) is 17.6 Å². The molecule has 164 valence electrons. The summed E-state index contributed by atoms with van der Waals surface area (Å²) in [6.45, 7) is 1.68. The molecule has 2 heterocycles. The van der Waals surface area contributed by atoms with E-state index in [0.717, 1.165) is 12.1 Å². The maximum absolute atomic E-state index is 13.9. The molecule has 0 fully saturated rings. The Labute approximate surface area is 180 Å². The number of hydrogen-bond donors (Lipinski definition) is 1. The van der Waals surface area contributed by atoms with Gasteiger partial charge in [-0.15, -0.1) is 0 Å². The Morgan fingerprint density at radius 2 is 1.84 bits per heavy atom. The molecular weight excluding hydrogens is 425 g/mol. The van der Waals surface area contributed by atoms with Gasteiger partial charge in [-0.05, 0) is 43.3 Å². The molecule has 32 heavy (non-hydrogen) atoms. The summed E-state index contributed by atoms with van der Waals surface area (Å²) in [4.78, 5) is 20.5. The first-order valence-corrected chi connectivity index (χ1v) is 9.68. The van der Waals surface area contributed by atoms with Gasteiger partial charge in [-0.2, -0.15) is 4.98 Å². The third kappa shape index (κ3) is 4.85. The van der Waals surface area contributed by atoms with E-state index >= 15 is 0 Å². The van der Waals surface area contributed by atoms with Crippen molar-refractivity contribution >= 4 is 5.91 Å². The number of rotatable bonds is 7. The number of benzene rings is 2. The Kier molecular flexibility index (Phi) is 6.02. The number of amides is 1. The molecule has 0 spiro atoms. The smallest absolute Gasteiger partial charge is 0.249 e. The van der Waals surface area contributed by atoms with Gasteiger partial charge in [-0.3, -0.25) is 4.79 Å². The number of carbonyl (C=O) groups is 1. The highest BCUT2D eigenvalue weighted by Gasteiger charge is 2.18. The summed E-state index contributed by atoms with van der Waals surface area (Å²) in [6.07, 6.45) is 1.54. The van der Waals surface area contributed by atoms with Crippen LogP contribution in [-0.4, -0.2) is 21.0 Å². The molecule has 4 aromatic rings. The summed E-state index contributed by atoms with van der Waals surface area (Å²) in [5.74, 6) is -1.29. The molecule has 0 aliphatic carbocycles. The van der Waals surface area contributed by atoms with Crippen LogP contribution in [0.3, 0.4) is 0 Å². The maximum Gasteiger partial charge on any atom is 0.249 e. The first-order chi connectivity index (χ1) is 15.4. The number of aromatic nitrogens is 3. The van der Waals surface area contributed by atoms with E-state index < -0.39 is 17.7 Å². The maximum atomic E-state index is 13.9. The summed E-state index contributed by atoms with van der Waals surface area (Å²) in [5.41, 5.74) is 0.661. The third-order valence-corrected chi connectivity index (χ3v) is 4.61. The number of halogens is 3. The Morgan fingerprint density at radius 1 is 1.09 bits per heavy atom. The molecule has 1 amide bonds. The molecule has 2 aromatic carbocycles. The van der Waals surface area contributed by atoms with E-state index in [-0.39, 0.29) is 53.5 Å². The van der Waals surface area contributed by atoms with Crippen LogP contribution in [0.5, 0.6) is 0 Å². The van der Waals surface area contributed by atoms with Gasteiger partial charge in [0.15, 0.2) is 11.7 Å². The Bertz CT molecular complexity index is 1240. The number of oxazole rings is 1. The SMILES string of the molecule is CC(NC(=O)CCc1ncc(-c2ccc(F)cc2F)o1)c1nc(-c2ccc(F)cc2)no1. The average molecular weight is 442 g/mol. The molecule has 1 unspecified atom stereocenters. The third-order valence-electron chi connectivity index (χ3n) is 4.61. The lowest BCUT2D eigenvalue weighted by atomic mass is 10.2.